The highest BCUT2D eigenvalue weighted by atomic mass is 79.9. The average molecular weight is 380 g/mol. The summed E-state index contributed by atoms with van der Waals surface area (Å²) in [5.74, 6) is -0.190. The summed E-state index contributed by atoms with van der Waals surface area (Å²) in [4.78, 5) is 12.1. The average Bonchev–Trinajstić information content (AvgIpc) is 2.93. The second-order valence-electron chi connectivity index (χ2n) is 4.73. The van der Waals surface area contributed by atoms with E-state index in [1.165, 1.54) is 18.5 Å². The molecule has 120 valence electrons. The van der Waals surface area contributed by atoms with Gasteiger partial charge in [-0.1, -0.05) is 0 Å². The van der Waals surface area contributed by atoms with Crippen molar-refractivity contribution in [1.82, 2.24) is 19.6 Å². The number of nitrogens with one attached hydrogen (secondary N) is 1. The fraction of sp³-hybridized carbons (Fsp3) is 0.417. The largest absolute Gasteiger partial charge is 0.436 e. The van der Waals surface area contributed by atoms with Gasteiger partial charge in [0.1, 0.15) is 6.04 Å². The summed E-state index contributed by atoms with van der Waals surface area (Å²) in [7, 11) is 1.68. The molecule has 0 aliphatic carbocycles. The van der Waals surface area contributed by atoms with Gasteiger partial charge < -0.3 is 5.32 Å². The Morgan fingerprint density at radius 2 is 2.05 bits per heavy atom. The Bertz CT molecular complexity index is 706. The van der Waals surface area contributed by atoms with E-state index in [-0.39, 0.29) is 10.2 Å². The van der Waals surface area contributed by atoms with Crippen LogP contribution in [0.5, 0.6) is 0 Å². The van der Waals surface area contributed by atoms with Crippen LogP contribution >= 0.6 is 15.9 Å². The Balaban J connectivity index is 2.25. The Morgan fingerprint density at radius 3 is 2.50 bits per heavy atom. The maximum Gasteiger partial charge on any atom is 0.436 e. The Morgan fingerprint density at radius 1 is 1.41 bits per heavy atom. The van der Waals surface area contributed by atoms with Gasteiger partial charge in [-0.25, -0.2) is 0 Å². The van der Waals surface area contributed by atoms with Crippen molar-refractivity contribution in [2.45, 2.75) is 26.1 Å². The van der Waals surface area contributed by atoms with Crippen LogP contribution in [0.4, 0.5) is 19.0 Å². The highest BCUT2D eigenvalue weighted by Crippen LogP contribution is 2.36. The van der Waals surface area contributed by atoms with E-state index in [1.807, 2.05) is 0 Å². The molecule has 10 heteroatoms. The molecule has 22 heavy (non-hydrogen) atoms. The summed E-state index contributed by atoms with van der Waals surface area (Å²) >= 11 is 2.87. The van der Waals surface area contributed by atoms with E-state index in [0.717, 1.165) is 4.68 Å². The topological polar surface area (TPSA) is 64.7 Å². The number of nitrogens with zero attached hydrogens (tertiary/aromatic N) is 4. The van der Waals surface area contributed by atoms with Crippen molar-refractivity contribution in [2.75, 3.05) is 5.32 Å². The highest BCUT2D eigenvalue weighted by Gasteiger charge is 2.38. The number of carbonyl (C=O) groups is 1. The zero-order chi connectivity index (χ0) is 16.7. The summed E-state index contributed by atoms with van der Waals surface area (Å²) in [6.07, 6.45) is -2.95. The van der Waals surface area contributed by atoms with Crippen molar-refractivity contribution in [1.29, 1.82) is 0 Å². The Labute approximate surface area is 132 Å². The van der Waals surface area contributed by atoms with Crippen LogP contribution in [-0.4, -0.2) is 25.5 Å². The number of anilines is 1. The molecule has 0 aliphatic rings. The van der Waals surface area contributed by atoms with Crippen LogP contribution < -0.4 is 5.32 Å². The molecule has 1 N–H and O–H groups in total. The minimum atomic E-state index is -4.59. The monoisotopic (exact) mass is 379 g/mol. The van der Waals surface area contributed by atoms with Crippen molar-refractivity contribution >= 4 is 27.7 Å². The lowest BCUT2D eigenvalue weighted by Gasteiger charge is -2.13. The van der Waals surface area contributed by atoms with Gasteiger partial charge in [0.15, 0.2) is 11.5 Å². The van der Waals surface area contributed by atoms with Crippen molar-refractivity contribution in [3.8, 4) is 0 Å². The van der Waals surface area contributed by atoms with Crippen molar-refractivity contribution in [3.63, 3.8) is 0 Å². The molecule has 0 saturated carbocycles. The third kappa shape index (κ3) is 3.16. The molecule has 0 bridgehead atoms. The van der Waals surface area contributed by atoms with E-state index < -0.39 is 23.8 Å². The third-order valence-corrected chi connectivity index (χ3v) is 4.01. The molecule has 0 unspecified atom stereocenters. The Hall–Kier alpha value is -1.84. The second kappa shape index (κ2) is 5.75. The van der Waals surface area contributed by atoms with Crippen LogP contribution in [0.1, 0.15) is 24.4 Å². The zero-order valence-corrected chi connectivity index (χ0v) is 13.5. The zero-order valence-electron chi connectivity index (χ0n) is 11.9. The number of aryl methyl sites for hydroxylation is 1. The van der Waals surface area contributed by atoms with Gasteiger partial charge in [0.05, 0.1) is 10.2 Å². The van der Waals surface area contributed by atoms with Gasteiger partial charge in [-0.15, -0.1) is 0 Å². The first-order valence-electron chi connectivity index (χ1n) is 6.23. The first-order chi connectivity index (χ1) is 10.1. The SMILES string of the molecule is Cc1c(Br)c(C(F)(F)F)nn1[C@@H](C)C(=O)Nc1ccn(C)n1. The summed E-state index contributed by atoms with van der Waals surface area (Å²) in [6, 6.07) is 0.659. The lowest BCUT2D eigenvalue weighted by Crippen LogP contribution is -2.25. The molecular formula is C12H13BrF3N5O. The number of rotatable bonds is 3. The second-order valence-corrected chi connectivity index (χ2v) is 5.52. The van der Waals surface area contributed by atoms with E-state index in [4.69, 9.17) is 0 Å². The standard InChI is InChI=1S/C12H13BrF3N5O/c1-6-9(13)10(12(14,15)16)19-21(6)7(2)11(22)17-8-4-5-20(3)18-8/h4-5,7H,1-3H3,(H,17,18,22)/t7-/m0/s1. The van der Waals surface area contributed by atoms with Crippen LogP contribution in [-0.2, 0) is 18.0 Å². The van der Waals surface area contributed by atoms with Crippen molar-refractivity contribution in [2.24, 2.45) is 7.05 Å². The molecule has 0 aromatic carbocycles. The number of hydrogen-bond acceptors (Lipinski definition) is 3. The van der Waals surface area contributed by atoms with E-state index in [0.29, 0.717) is 5.82 Å². The highest BCUT2D eigenvalue weighted by molar-refractivity contribution is 9.10. The molecule has 0 radical (unpaired) electrons. The number of hydrogen-bond donors (Lipinski definition) is 1. The first kappa shape index (κ1) is 16.5. The van der Waals surface area contributed by atoms with E-state index in [1.54, 1.807) is 19.3 Å². The van der Waals surface area contributed by atoms with Gasteiger partial charge in [0, 0.05) is 19.3 Å². The van der Waals surface area contributed by atoms with Crippen molar-refractivity contribution in [3.05, 3.63) is 28.1 Å². The fourth-order valence-electron chi connectivity index (χ4n) is 1.88. The Kier molecular flexibility index (Phi) is 4.32. The lowest BCUT2D eigenvalue weighted by atomic mass is 10.3. The first-order valence-corrected chi connectivity index (χ1v) is 7.03. The van der Waals surface area contributed by atoms with Gasteiger partial charge in [0.2, 0.25) is 5.91 Å². The summed E-state index contributed by atoms with van der Waals surface area (Å²) in [6.45, 7) is 2.92. The molecule has 0 saturated heterocycles. The van der Waals surface area contributed by atoms with Crippen LogP contribution in [0.25, 0.3) is 0 Å². The molecule has 6 nitrogen and oxygen atoms in total. The van der Waals surface area contributed by atoms with E-state index >= 15 is 0 Å². The van der Waals surface area contributed by atoms with Crippen LogP contribution in [0, 0.1) is 6.92 Å². The van der Waals surface area contributed by atoms with Gasteiger partial charge >= 0.3 is 6.18 Å². The molecule has 0 fully saturated rings. The minimum absolute atomic E-state index is 0.169. The number of aromatic nitrogens is 4. The number of amides is 1. The molecule has 2 heterocycles. The predicted octanol–water partition coefficient (Wildman–Crippen LogP) is 2.91. The normalized spacial score (nSPS) is 13.2. The number of alkyl halides is 3. The van der Waals surface area contributed by atoms with Gasteiger partial charge in [-0.2, -0.15) is 23.4 Å². The summed E-state index contributed by atoms with van der Waals surface area (Å²) in [5, 5.41) is 10.0. The van der Waals surface area contributed by atoms with Gasteiger partial charge in [-0.05, 0) is 29.8 Å². The molecule has 1 amide bonds. The van der Waals surface area contributed by atoms with E-state index in [9.17, 15) is 18.0 Å². The van der Waals surface area contributed by atoms with Crippen LogP contribution in [0.2, 0.25) is 0 Å². The van der Waals surface area contributed by atoms with Crippen LogP contribution in [0.15, 0.2) is 16.7 Å². The summed E-state index contributed by atoms with van der Waals surface area (Å²) < 4.78 is 40.9. The van der Waals surface area contributed by atoms with Gasteiger partial charge in [-0.3, -0.25) is 14.2 Å². The molecule has 2 rings (SSSR count). The van der Waals surface area contributed by atoms with Gasteiger partial charge in [0.25, 0.3) is 0 Å². The molecule has 2 aromatic rings. The van der Waals surface area contributed by atoms with E-state index in [2.05, 4.69) is 31.4 Å². The molecule has 0 spiro atoms. The smallest absolute Gasteiger partial charge is 0.307 e. The maximum atomic E-state index is 12.8. The molecule has 2 aromatic heterocycles. The summed E-state index contributed by atoms with van der Waals surface area (Å²) in [5.41, 5.74) is -0.835. The number of halogens is 4. The fourth-order valence-corrected chi connectivity index (χ4v) is 2.37. The predicted molar refractivity (Wildman–Crippen MR) is 76.2 cm³/mol. The van der Waals surface area contributed by atoms with Crippen molar-refractivity contribution < 1.29 is 18.0 Å². The quantitative estimate of drug-likeness (QED) is 0.891. The molecule has 0 aliphatic heterocycles. The third-order valence-electron chi connectivity index (χ3n) is 3.06. The maximum absolute atomic E-state index is 12.8. The lowest BCUT2D eigenvalue weighted by molar-refractivity contribution is -0.142. The molecular weight excluding hydrogens is 367 g/mol. The minimum Gasteiger partial charge on any atom is -0.307 e. The number of carbonyl (C=O) groups excluding carboxylic acids is 1. The van der Waals surface area contributed by atoms with Crippen LogP contribution in [0.3, 0.4) is 0 Å². The molecule has 1 atom stereocenters.